The van der Waals surface area contributed by atoms with Crippen LogP contribution in [-0.2, 0) is 6.54 Å². The van der Waals surface area contributed by atoms with Crippen molar-refractivity contribution < 1.29 is 0 Å². The molecule has 0 amide bonds. The minimum atomic E-state index is 0.836. The van der Waals surface area contributed by atoms with Gasteiger partial charge in [0.15, 0.2) is 4.77 Å². The van der Waals surface area contributed by atoms with E-state index in [0.717, 1.165) is 23.9 Å². The van der Waals surface area contributed by atoms with Crippen molar-refractivity contribution in [2.45, 2.75) is 32.4 Å². The van der Waals surface area contributed by atoms with Crippen LogP contribution >= 0.6 is 12.2 Å². The molecule has 0 radical (unpaired) electrons. The molecule has 4 heteroatoms. The Morgan fingerprint density at radius 3 is 2.86 bits per heavy atom. The van der Waals surface area contributed by atoms with E-state index in [1.165, 1.54) is 18.5 Å². The van der Waals surface area contributed by atoms with Gasteiger partial charge in [-0.25, -0.2) is 0 Å². The van der Waals surface area contributed by atoms with Crippen molar-refractivity contribution in [3.05, 3.63) is 16.7 Å². The summed E-state index contributed by atoms with van der Waals surface area (Å²) < 4.78 is 3.00. The van der Waals surface area contributed by atoms with Crippen LogP contribution in [-0.4, -0.2) is 34.1 Å². The molecule has 0 saturated heterocycles. The topological polar surface area (TPSA) is 24.0 Å². The third-order valence-electron chi connectivity index (χ3n) is 2.92. The molecule has 14 heavy (non-hydrogen) atoms. The Bertz CT molecular complexity index is 362. The van der Waals surface area contributed by atoms with Crippen molar-refractivity contribution in [1.82, 2.24) is 14.5 Å². The van der Waals surface area contributed by atoms with E-state index in [9.17, 15) is 0 Å². The van der Waals surface area contributed by atoms with Gasteiger partial charge in [0, 0.05) is 31.0 Å². The summed E-state index contributed by atoms with van der Waals surface area (Å²) in [6.07, 6.45) is 4.71. The van der Waals surface area contributed by atoms with Crippen molar-refractivity contribution in [1.29, 1.82) is 0 Å². The Morgan fingerprint density at radius 2 is 2.36 bits per heavy atom. The Hall–Kier alpha value is -0.610. The zero-order valence-corrected chi connectivity index (χ0v) is 9.60. The number of aromatic amines is 1. The van der Waals surface area contributed by atoms with Gasteiger partial charge < -0.3 is 14.5 Å². The minimum absolute atomic E-state index is 0.836. The molecule has 2 rings (SSSR count). The van der Waals surface area contributed by atoms with Gasteiger partial charge in [0.05, 0.1) is 0 Å². The lowest BCUT2D eigenvalue weighted by Gasteiger charge is -2.16. The second-order valence-corrected chi connectivity index (χ2v) is 4.49. The molecule has 1 aromatic heterocycles. The molecule has 1 aliphatic rings. The van der Waals surface area contributed by atoms with Crippen LogP contribution in [0.2, 0.25) is 0 Å². The average molecular weight is 211 g/mol. The van der Waals surface area contributed by atoms with Crippen LogP contribution in [0.1, 0.15) is 18.5 Å². The predicted molar refractivity (Wildman–Crippen MR) is 60.0 cm³/mol. The molecule has 1 aromatic rings. The van der Waals surface area contributed by atoms with Crippen LogP contribution in [0.3, 0.4) is 0 Å². The first-order valence-electron chi connectivity index (χ1n) is 5.13. The van der Waals surface area contributed by atoms with Gasteiger partial charge >= 0.3 is 0 Å². The fourth-order valence-electron chi connectivity index (χ4n) is 1.72. The Labute approximate surface area is 89.7 Å². The highest BCUT2D eigenvalue weighted by Gasteiger charge is 2.25. The maximum absolute atomic E-state index is 5.20. The number of H-pyrrole nitrogens is 1. The molecule has 0 aromatic carbocycles. The van der Waals surface area contributed by atoms with Gasteiger partial charge in [-0.1, -0.05) is 0 Å². The second kappa shape index (κ2) is 3.87. The third kappa shape index (κ3) is 2.07. The monoisotopic (exact) mass is 211 g/mol. The molecular formula is C10H17N3S. The number of rotatable bonds is 4. The summed E-state index contributed by atoms with van der Waals surface area (Å²) in [5.74, 6) is 0. The normalized spacial score (nSPS) is 16.5. The van der Waals surface area contributed by atoms with Crippen molar-refractivity contribution in [2.24, 2.45) is 0 Å². The van der Waals surface area contributed by atoms with E-state index in [1.807, 2.05) is 6.20 Å². The number of aryl methyl sites for hydroxylation is 1. The van der Waals surface area contributed by atoms with E-state index >= 15 is 0 Å². The van der Waals surface area contributed by atoms with E-state index in [1.54, 1.807) is 0 Å². The third-order valence-corrected chi connectivity index (χ3v) is 3.26. The molecule has 1 saturated carbocycles. The SMILES string of the molecule is Cc1c[nH]c(=S)n1CCN(C)C1CC1. The van der Waals surface area contributed by atoms with Gasteiger partial charge in [0.1, 0.15) is 0 Å². The van der Waals surface area contributed by atoms with Crippen LogP contribution in [0.5, 0.6) is 0 Å². The molecule has 1 aliphatic carbocycles. The number of nitrogens with one attached hydrogen (secondary N) is 1. The van der Waals surface area contributed by atoms with Gasteiger partial charge in [-0.2, -0.15) is 0 Å². The molecule has 1 fully saturated rings. The van der Waals surface area contributed by atoms with Crippen LogP contribution in [0.25, 0.3) is 0 Å². The highest BCUT2D eigenvalue weighted by atomic mass is 32.1. The molecular weight excluding hydrogens is 194 g/mol. The minimum Gasteiger partial charge on any atom is -0.337 e. The number of likely N-dealkylation sites (N-methyl/N-ethyl adjacent to an activating group) is 1. The fourth-order valence-corrected chi connectivity index (χ4v) is 2.01. The summed E-state index contributed by atoms with van der Waals surface area (Å²) in [6.45, 7) is 4.18. The van der Waals surface area contributed by atoms with E-state index in [0.29, 0.717) is 0 Å². The molecule has 78 valence electrons. The molecule has 0 aliphatic heterocycles. The second-order valence-electron chi connectivity index (χ2n) is 4.10. The first kappa shape index (κ1) is 9.93. The smallest absolute Gasteiger partial charge is 0.177 e. The summed E-state index contributed by atoms with van der Waals surface area (Å²) in [6, 6.07) is 0.836. The molecule has 0 atom stereocenters. The zero-order valence-electron chi connectivity index (χ0n) is 8.79. The summed E-state index contributed by atoms with van der Waals surface area (Å²) in [7, 11) is 2.20. The molecule has 0 spiro atoms. The number of nitrogens with zero attached hydrogens (tertiary/aromatic N) is 2. The average Bonchev–Trinajstić information content (AvgIpc) is 2.93. The summed E-state index contributed by atoms with van der Waals surface area (Å²) in [5.41, 5.74) is 1.22. The first-order chi connectivity index (χ1) is 6.68. The fraction of sp³-hybridized carbons (Fsp3) is 0.700. The van der Waals surface area contributed by atoms with E-state index in [-0.39, 0.29) is 0 Å². The van der Waals surface area contributed by atoms with Crippen molar-refractivity contribution in [3.8, 4) is 0 Å². The maximum atomic E-state index is 5.20. The molecule has 3 nitrogen and oxygen atoms in total. The number of hydrogen-bond donors (Lipinski definition) is 1. The lowest BCUT2D eigenvalue weighted by Crippen LogP contribution is -2.25. The van der Waals surface area contributed by atoms with Gasteiger partial charge in [-0.15, -0.1) is 0 Å². The van der Waals surface area contributed by atoms with E-state index in [2.05, 4.69) is 28.4 Å². The van der Waals surface area contributed by atoms with E-state index in [4.69, 9.17) is 12.2 Å². The quantitative estimate of drug-likeness (QED) is 0.770. The molecule has 1 heterocycles. The van der Waals surface area contributed by atoms with E-state index < -0.39 is 0 Å². The molecule has 0 bridgehead atoms. The lowest BCUT2D eigenvalue weighted by molar-refractivity contribution is 0.307. The summed E-state index contributed by atoms with van der Waals surface area (Å²) >= 11 is 5.20. The van der Waals surface area contributed by atoms with Gasteiger partial charge in [0.2, 0.25) is 0 Å². The van der Waals surface area contributed by atoms with Crippen LogP contribution in [0.15, 0.2) is 6.20 Å². The van der Waals surface area contributed by atoms with Gasteiger partial charge in [-0.05, 0) is 39.0 Å². The number of hydrogen-bond acceptors (Lipinski definition) is 2. The van der Waals surface area contributed by atoms with Gasteiger partial charge in [-0.3, -0.25) is 0 Å². The van der Waals surface area contributed by atoms with Crippen molar-refractivity contribution in [2.75, 3.05) is 13.6 Å². The standard InChI is InChI=1S/C10H17N3S/c1-8-7-11-10(14)13(8)6-5-12(2)9-3-4-9/h7,9H,3-6H2,1-2H3,(H,11,14). The zero-order chi connectivity index (χ0) is 10.1. The molecule has 1 N–H and O–H groups in total. The highest BCUT2D eigenvalue weighted by Crippen LogP contribution is 2.24. The number of imidazole rings is 1. The predicted octanol–water partition coefficient (Wildman–Crippen LogP) is 1.95. The maximum Gasteiger partial charge on any atom is 0.177 e. The Balaban J connectivity index is 1.93. The largest absolute Gasteiger partial charge is 0.337 e. The van der Waals surface area contributed by atoms with Crippen LogP contribution < -0.4 is 0 Å². The van der Waals surface area contributed by atoms with Crippen LogP contribution in [0.4, 0.5) is 0 Å². The molecule has 0 unspecified atom stereocenters. The summed E-state index contributed by atoms with van der Waals surface area (Å²) in [5, 5.41) is 0. The summed E-state index contributed by atoms with van der Waals surface area (Å²) in [4.78, 5) is 5.49. The first-order valence-corrected chi connectivity index (χ1v) is 5.54. The Morgan fingerprint density at radius 1 is 1.64 bits per heavy atom. The Kier molecular flexibility index (Phi) is 2.74. The van der Waals surface area contributed by atoms with Crippen molar-refractivity contribution in [3.63, 3.8) is 0 Å². The van der Waals surface area contributed by atoms with Crippen LogP contribution in [0, 0.1) is 11.7 Å². The number of aromatic nitrogens is 2. The highest BCUT2D eigenvalue weighted by molar-refractivity contribution is 7.71. The van der Waals surface area contributed by atoms with Crippen molar-refractivity contribution >= 4 is 12.2 Å². The lowest BCUT2D eigenvalue weighted by atomic mass is 10.4. The van der Waals surface area contributed by atoms with Gasteiger partial charge in [0.25, 0.3) is 0 Å².